The number of aryl methyl sites for hydroxylation is 2. The lowest BCUT2D eigenvalue weighted by atomic mass is 10.1. The quantitative estimate of drug-likeness (QED) is 0.343. The van der Waals surface area contributed by atoms with Gasteiger partial charge in [0.1, 0.15) is 6.54 Å². The first-order valence-electron chi connectivity index (χ1n) is 11.3. The molecule has 0 spiro atoms. The van der Waals surface area contributed by atoms with Crippen LogP contribution >= 0.6 is 0 Å². The number of fused-ring (bicyclic) bond motifs is 1. The highest BCUT2D eigenvalue weighted by molar-refractivity contribution is 7.92. The van der Waals surface area contributed by atoms with Crippen molar-refractivity contribution in [1.82, 2.24) is 20.6 Å². The van der Waals surface area contributed by atoms with Gasteiger partial charge in [0, 0.05) is 11.9 Å². The summed E-state index contributed by atoms with van der Waals surface area (Å²) in [6, 6.07) is 13.4. The van der Waals surface area contributed by atoms with E-state index in [0.717, 1.165) is 29.8 Å². The Balaban J connectivity index is 1.80. The first kappa shape index (κ1) is 25.9. The van der Waals surface area contributed by atoms with E-state index in [1.165, 1.54) is 4.68 Å². The van der Waals surface area contributed by atoms with E-state index in [-0.39, 0.29) is 11.3 Å². The number of hydrazine groups is 1. The van der Waals surface area contributed by atoms with Crippen molar-refractivity contribution in [3.05, 3.63) is 70.1 Å². The monoisotopic (exact) mass is 499 g/mol. The highest BCUT2D eigenvalue weighted by atomic mass is 32.2. The summed E-state index contributed by atoms with van der Waals surface area (Å²) < 4.78 is 26.9. The summed E-state index contributed by atoms with van der Waals surface area (Å²) >= 11 is 0. The smallest absolute Gasteiger partial charge is 0.271 e. The van der Waals surface area contributed by atoms with Crippen LogP contribution < -0.4 is 20.7 Å². The van der Waals surface area contributed by atoms with E-state index >= 15 is 0 Å². The zero-order valence-electron chi connectivity index (χ0n) is 19.9. The molecule has 3 rings (SSSR count). The van der Waals surface area contributed by atoms with E-state index in [0.29, 0.717) is 28.6 Å². The summed E-state index contributed by atoms with van der Waals surface area (Å²) in [6.07, 6.45) is 3.62. The number of hydrogen-bond donors (Lipinski definition) is 2. The molecule has 0 aliphatic heterocycles. The Morgan fingerprint density at radius 1 is 1.00 bits per heavy atom. The first-order valence-corrected chi connectivity index (χ1v) is 13.1. The van der Waals surface area contributed by atoms with Gasteiger partial charge in [0.15, 0.2) is 5.69 Å². The minimum atomic E-state index is -3.77. The van der Waals surface area contributed by atoms with Crippen molar-refractivity contribution in [2.75, 3.05) is 17.1 Å². The highest BCUT2D eigenvalue weighted by Gasteiger charge is 2.23. The molecular weight excluding hydrogens is 470 g/mol. The van der Waals surface area contributed by atoms with E-state index in [2.05, 4.69) is 16.0 Å². The molecule has 0 aliphatic rings. The molecular formula is C24H29N5O5S. The number of aromatic nitrogens is 2. The fourth-order valence-corrected chi connectivity index (χ4v) is 4.56. The molecule has 0 unspecified atom stereocenters. The van der Waals surface area contributed by atoms with Crippen molar-refractivity contribution in [2.24, 2.45) is 0 Å². The minimum absolute atomic E-state index is 0.0177. The molecule has 186 valence electrons. The molecule has 0 atom stereocenters. The number of benzene rings is 2. The van der Waals surface area contributed by atoms with Crippen LogP contribution in [0, 0.1) is 6.92 Å². The molecule has 1 aromatic heterocycles. The predicted molar refractivity (Wildman–Crippen MR) is 135 cm³/mol. The van der Waals surface area contributed by atoms with Crippen LogP contribution in [0.3, 0.4) is 0 Å². The normalized spacial score (nSPS) is 11.3. The Morgan fingerprint density at radius 2 is 1.66 bits per heavy atom. The maximum atomic E-state index is 12.9. The van der Waals surface area contributed by atoms with E-state index < -0.39 is 28.4 Å². The van der Waals surface area contributed by atoms with Gasteiger partial charge in [0.25, 0.3) is 17.4 Å². The Hall–Kier alpha value is -3.73. The summed E-state index contributed by atoms with van der Waals surface area (Å²) in [5, 5.41) is 4.94. The number of para-hydroxylation sites is 1. The number of carbonyl (C=O) groups excluding carboxylic acids is 2. The van der Waals surface area contributed by atoms with Crippen molar-refractivity contribution < 1.29 is 18.0 Å². The minimum Gasteiger partial charge on any atom is -0.271 e. The van der Waals surface area contributed by atoms with E-state index in [1.807, 2.05) is 6.92 Å². The molecule has 0 aliphatic carbocycles. The number of nitrogens with one attached hydrogen (secondary N) is 2. The van der Waals surface area contributed by atoms with Gasteiger partial charge < -0.3 is 0 Å². The second-order valence-corrected chi connectivity index (χ2v) is 10.1. The lowest BCUT2D eigenvalue weighted by Crippen LogP contribution is -2.48. The van der Waals surface area contributed by atoms with E-state index in [4.69, 9.17) is 0 Å². The molecule has 0 bridgehead atoms. The number of amides is 2. The van der Waals surface area contributed by atoms with Gasteiger partial charge in [0.2, 0.25) is 10.0 Å². The van der Waals surface area contributed by atoms with Crippen molar-refractivity contribution in [1.29, 1.82) is 0 Å². The van der Waals surface area contributed by atoms with E-state index in [1.54, 1.807) is 55.5 Å². The van der Waals surface area contributed by atoms with Crippen LogP contribution in [0.15, 0.2) is 53.3 Å². The zero-order chi connectivity index (χ0) is 25.6. The second-order valence-electron chi connectivity index (χ2n) is 8.19. The molecule has 1 heterocycles. The number of hydrogen-bond acceptors (Lipinski definition) is 6. The standard InChI is InChI=1S/C24H29N5O5S/c1-4-5-10-15-28-24(32)19-13-8-7-12-18(19)22(27-28)23(31)26-25-21(30)16-29(35(3,33)34)20-14-9-6-11-17(20)2/h6-9,11-14H,4-5,10,15-16H2,1-3H3,(H,25,30)(H,26,31). The summed E-state index contributed by atoms with van der Waals surface area (Å²) in [6.45, 7) is 3.61. The fourth-order valence-electron chi connectivity index (χ4n) is 3.65. The molecule has 0 saturated carbocycles. The highest BCUT2D eigenvalue weighted by Crippen LogP contribution is 2.21. The van der Waals surface area contributed by atoms with Gasteiger partial charge in [0.05, 0.1) is 17.3 Å². The van der Waals surface area contributed by atoms with Crippen LogP contribution in [0.2, 0.25) is 0 Å². The van der Waals surface area contributed by atoms with Crippen LogP contribution in [0.5, 0.6) is 0 Å². The molecule has 10 nitrogen and oxygen atoms in total. The number of carbonyl (C=O) groups is 2. The van der Waals surface area contributed by atoms with Crippen molar-refractivity contribution in [3.63, 3.8) is 0 Å². The van der Waals surface area contributed by atoms with Gasteiger partial charge in [-0.1, -0.05) is 56.2 Å². The SMILES string of the molecule is CCCCCn1nc(C(=O)NNC(=O)CN(c2ccccc2C)S(C)(=O)=O)c2ccccc2c1=O. The summed E-state index contributed by atoms with van der Waals surface area (Å²) in [5.41, 5.74) is 5.27. The van der Waals surface area contributed by atoms with Crippen LogP contribution in [0.1, 0.15) is 42.2 Å². The first-order chi connectivity index (χ1) is 16.6. The third-order valence-corrected chi connectivity index (χ3v) is 6.57. The topological polar surface area (TPSA) is 130 Å². The Morgan fingerprint density at radius 3 is 2.31 bits per heavy atom. The molecule has 35 heavy (non-hydrogen) atoms. The van der Waals surface area contributed by atoms with Crippen LogP contribution in [-0.2, 0) is 21.4 Å². The van der Waals surface area contributed by atoms with Gasteiger partial charge in [-0.3, -0.25) is 29.5 Å². The van der Waals surface area contributed by atoms with Gasteiger partial charge in [-0.25, -0.2) is 13.1 Å². The largest absolute Gasteiger partial charge is 0.290 e. The number of unbranched alkanes of at least 4 members (excludes halogenated alkanes) is 2. The number of sulfonamides is 1. The number of anilines is 1. The van der Waals surface area contributed by atoms with Crippen molar-refractivity contribution in [2.45, 2.75) is 39.7 Å². The lowest BCUT2D eigenvalue weighted by molar-refractivity contribution is -0.120. The molecule has 2 aromatic carbocycles. The molecule has 3 aromatic rings. The average molecular weight is 500 g/mol. The molecule has 0 fully saturated rings. The van der Waals surface area contributed by atoms with Crippen LogP contribution in [0.4, 0.5) is 5.69 Å². The molecule has 2 amide bonds. The van der Waals surface area contributed by atoms with Crippen LogP contribution in [-0.4, -0.2) is 42.8 Å². The van der Waals surface area contributed by atoms with Gasteiger partial charge in [-0.2, -0.15) is 5.10 Å². The van der Waals surface area contributed by atoms with Crippen molar-refractivity contribution >= 4 is 38.3 Å². The third-order valence-electron chi connectivity index (χ3n) is 5.44. The number of nitrogens with zero attached hydrogens (tertiary/aromatic N) is 3. The molecule has 0 radical (unpaired) electrons. The fraction of sp³-hybridized carbons (Fsp3) is 0.333. The summed E-state index contributed by atoms with van der Waals surface area (Å²) in [5.74, 6) is -1.46. The summed E-state index contributed by atoms with van der Waals surface area (Å²) in [4.78, 5) is 38.3. The maximum Gasteiger partial charge on any atom is 0.290 e. The van der Waals surface area contributed by atoms with Crippen molar-refractivity contribution in [3.8, 4) is 0 Å². The molecule has 0 saturated heterocycles. The van der Waals surface area contributed by atoms with Crippen LogP contribution in [0.25, 0.3) is 10.8 Å². The Bertz CT molecular complexity index is 1400. The average Bonchev–Trinajstić information content (AvgIpc) is 2.82. The van der Waals surface area contributed by atoms with E-state index in [9.17, 15) is 22.8 Å². The predicted octanol–water partition coefficient (Wildman–Crippen LogP) is 2.12. The number of rotatable bonds is 9. The second kappa shape index (κ2) is 11.1. The molecule has 2 N–H and O–H groups in total. The lowest BCUT2D eigenvalue weighted by Gasteiger charge is -2.23. The van der Waals surface area contributed by atoms with Gasteiger partial charge in [-0.15, -0.1) is 0 Å². The summed E-state index contributed by atoms with van der Waals surface area (Å²) in [7, 11) is -3.77. The van der Waals surface area contributed by atoms with Gasteiger partial charge >= 0.3 is 0 Å². The molecule has 11 heteroatoms. The Labute approximate surface area is 204 Å². The van der Waals surface area contributed by atoms with Gasteiger partial charge in [-0.05, 0) is 31.0 Å². The third kappa shape index (κ3) is 6.24. The maximum absolute atomic E-state index is 12.9. The zero-order valence-corrected chi connectivity index (χ0v) is 20.8. The Kier molecular flexibility index (Phi) is 8.23.